The van der Waals surface area contributed by atoms with Crippen LogP contribution in [-0.2, 0) is 16.0 Å². The lowest BCUT2D eigenvalue weighted by molar-refractivity contribution is -0.120. The Bertz CT molecular complexity index is 870. The van der Waals surface area contributed by atoms with Gasteiger partial charge in [0.15, 0.2) is 5.76 Å². The van der Waals surface area contributed by atoms with Gasteiger partial charge in [0.1, 0.15) is 5.76 Å². The second kappa shape index (κ2) is 8.86. The SMILES string of the molecule is O=C(Cc1cc(-c2ccccc2)on1)NCC(c1ccco1)N1CCOCC1. The lowest BCUT2D eigenvalue weighted by Crippen LogP contribution is -2.43. The highest BCUT2D eigenvalue weighted by Crippen LogP contribution is 2.22. The van der Waals surface area contributed by atoms with E-state index in [-0.39, 0.29) is 18.4 Å². The first-order chi connectivity index (χ1) is 13.8. The number of aromatic nitrogens is 1. The van der Waals surface area contributed by atoms with E-state index in [0.717, 1.165) is 24.4 Å². The van der Waals surface area contributed by atoms with Gasteiger partial charge >= 0.3 is 0 Å². The monoisotopic (exact) mass is 381 g/mol. The van der Waals surface area contributed by atoms with Crippen LogP contribution in [0.2, 0.25) is 0 Å². The highest BCUT2D eigenvalue weighted by Gasteiger charge is 2.25. The van der Waals surface area contributed by atoms with Crippen molar-refractivity contribution in [3.05, 3.63) is 66.2 Å². The topological polar surface area (TPSA) is 80.7 Å². The average molecular weight is 381 g/mol. The minimum Gasteiger partial charge on any atom is -0.468 e. The maximum atomic E-state index is 12.4. The summed E-state index contributed by atoms with van der Waals surface area (Å²) < 4.78 is 16.4. The van der Waals surface area contributed by atoms with Crippen LogP contribution in [0.1, 0.15) is 17.5 Å². The second-order valence-corrected chi connectivity index (χ2v) is 6.71. The lowest BCUT2D eigenvalue weighted by Gasteiger charge is -2.33. The number of carbonyl (C=O) groups excluding carboxylic acids is 1. The van der Waals surface area contributed by atoms with Crippen molar-refractivity contribution in [2.45, 2.75) is 12.5 Å². The van der Waals surface area contributed by atoms with Crippen molar-refractivity contribution in [1.82, 2.24) is 15.4 Å². The molecule has 3 heterocycles. The molecule has 1 fully saturated rings. The van der Waals surface area contributed by atoms with E-state index in [1.807, 2.05) is 42.5 Å². The standard InChI is InChI=1S/C21H23N3O4/c25-21(14-17-13-20(28-23-17)16-5-2-1-3-6-16)22-15-18(19-7-4-10-27-19)24-8-11-26-12-9-24/h1-7,10,13,18H,8-9,11-12,14-15H2,(H,22,25). The third kappa shape index (κ3) is 4.49. The Morgan fingerprint density at radius 1 is 1.14 bits per heavy atom. The molecule has 1 aromatic carbocycles. The number of hydrogen-bond acceptors (Lipinski definition) is 6. The molecular formula is C21H23N3O4. The summed E-state index contributed by atoms with van der Waals surface area (Å²) in [6.07, 6.45) is 1.83. The van der Waals surface area contributed by atoms with Gasteiger partial charge in [0.25, 0.3) is 0 Å². The van der Waals surface area contributed by atoms with Crippen LogP contribution in [0.15, 0.2) is 63.7 Å². The predicted molar refractivity (Wildman–Crippen MR) is 102 cm³/mol. The molecule has 4 rings (SSSR count). The maximum Gasteiger partial charge on any atom is 0.226 e. The van der Waals surface area contributed by atoms with Crippen LogP contribution in [-0.4, -0.2) is 48.8 Å². The van der Waals surface area contributed by atoms with Crippen LogP contribution in [0.4, 0.5) is 0 Å². The third-order valence-electron chi connectivity index (χ3n) is 4.81. The van der Waals surface area contributed by atoms with Gasteiger partial charge in [-0.2, -0.15) is 0 Å². The first kappa shape index (κ1) is 18.5. The summed E-state index contributed by atoms with van der Waals surface area (Å²) in [6.45, 7) is 3.46. The summed E-state index contributed by atoms with van der Waals surface area (Å²) in [6, 6.07) is 15.3. The van der Waals surface area contributed by atoms with Crippen LogP contribution in [0.3, 0.4) is 0 Å². The van der Waals surface area contributed by atoms with E-state index in [9.17, 15) is 4.79 Å². The van der Waals surface area contributed by atoms with Crippen molar-refractivity contribution in [3.63, 3.8) is 0 Å². The molecule has 1 aliphatic heterocycles. The van der Waals surface area contributed by atoms with E-state index in [0.29, 0.717) is 31.2 Å². The zero-order valence-electron chi connectivity index (χ0n) is 15.5. The highest BCUT2D eigenvalue weighted by molar-refractivity contribution is 5.78. The smallest absolute Gasteiger partial charge is 0.226 e. The first-order valence-corrected chi connectivity index (χ1v) is 9.42. The molecular weight excluding hydrogens is 358 g/mol. The molecule has 1 atom stereocenters. The molecule has 7 nitrogen and oxygen atoms in total. The number of carbonyl (C=O) groups is 1. The molecule has 146 valence electrons. The largest absolute Gasteiger partial charge is 0.468 e. The molecule has 0 bridgehead atoms. The molecule has 2 aromatic heterocycles. The van der Waals surface area contributed by atoms with Gasteiger partial charge in [-0.3, -0.25) is 9.69 Å². The minimum atomic E-state index is -0.0993. The minimum absolute atomic E-state index is 0.0139. The number of morpholine rings is 1. The number of benzene rings is 1. The number of nitrogens with one attached hydrogen (secondary N) is 1. The molecule has 3 aromatic rings. The van der Waals surface area contributed by atoms with E-state index in [4.69, 9.17) is 13.7 Å². The average Bonchev–Trinajstić information content (AvgIpc) is 3.42. The van der Waals surface area contributed by atoms with Gasteiger partial charge in [-0.1, -0.05) is 35.5 Å². The molecule has 0 radical (unpaired) electrons. The fourth-order valence-corrected chi connectivity index (χ4v) is 3.35. The van der Waals surface area contributed by atoms with Crippen molar-refractivity contribution in [2.24, 2.45) is 0 Å². The summed E-state index contributed by atoms with van der Waals surface area (Å²) in [4.78, 5) is 14.7. The molecule has 0 aliphatic carbocycles. The number of rotatable bonds is 7. The van der Waals surface area contributed by atoms with Crippen LogP contribution in [0.5, 0.6) is 0 Å². The summed E-state index contributed by atoms with van der Waals surface area (Å²) in [5.41, 5.74) is 1.55. The van der Waals surface area contributed by atoms with E-state index < -0.39 is 0 Å². The van der Waals surface area contributed by atoms with E-state index in [1.54, 1.807) is 12.3 Å². The predicted octanol–water partition coefficient (Wildman–Crippen LogP) is 2.67. The summed E-state index contributed by atoms with van der Waals surface area (Å²) in [7, 11) is 0. The second-order valence-electron chi connectivity index (χ2n) is 6.71. The molecule has 1 N–H and O–H groups in total. The normalized spacial score (nSPS) is 16.0. The molecule has 1 unspecified atom stereocenters. The molecule has 7 heteroatoms. The van der Waals surface area contributed by atoms with Crippen molar-refractivity contribution in [3.8, 4) is 11.3 Å². The number of nitrogens with zero attached hydrogens (tertiary/aromatic N) is 2. The molecule has 0 saturated carbocycles. The Balaban J connectivity index is 1.35. The van der Waals surface area contributed by atoms with Crippen molar-refractivity contribution in [2.75, 3.05) is 32.8 Å². The van der Waals surface area contributed by atoms with Crippen LogP contribution < -0.4 is 5.32 Å². The van der Waals surface area contributed by atoms with Crippen LogP contribution in [0.25, 0.3) is 11.3 Å². The first-order valence-electron chi connectivity index (χ1n) is 9.42. The number of ether oxygens (including phenoxy) is 1. The Labute approximate surface area is 163 Å². The van der Waals surface area contributed by atoms with Crippen molar-refractivity contribution >= 4 is 5.91 Å². The summed E-state index contributed by atoms with van der Waals surface area (Å²) >= 11 is 0. The Morgan fingerprint density at radius 3 is 2.71 bits per heavy atom. The Hall–Kier alpha value is -2.90. The van der Waals surface area contributed by atoms with Crippen LogP contribution in [0, 0.1) is 0 Å². The summed E-state index contributed by atoms with van der Waals surface area (Å²) in [5.74, 6) is 1.40. The molecule has 1 saturated heterocycles. The van der Waals surface area contributed by atoms with Crippen molar-refractivity contribution < 1.29 is 18.5 Å². The zero-order valence-corrected chi connectivity index (χ0v) is 15.5. The van der Waals surface area contributed by atoms with Gasteiger partial charge in [-0.25, -0.2) is 0 Å². The highest BCUT2D eigenvalue weighted by atomic mass is 16.5. The molecule has 1 aliphatic rings. The van der Waals surface area contributed by atoms with Gasteiger partial charge in [0.05, 0.1) is 37.6 Å². The zero-order chi connectivity index (χ0) is 19.2. The molecule has 28 heavy (non-hydrogen) atoms. The van der Waals surface area contributed by atoms with Gasteiger partial charge < -0.3 is 19.0 Å². The quantitative estimate of drug-likeness (QED) is 0.678. The van der Waals surface area contributed by atoms with E-state index >= 15 is 0 Å². The summed E-state index contributed by atoms with van der Waals surface area (Å²) in [5, 5.41) is 7.02. The molecule has 1 amide bonds. The Kier molecular flexibility index (Phi) is 5.84. The third-order valence-corrected chi connectivity index (χ3v) is 4.81. The lowest BCUT2D eigenvalue weighted by atomic mass is 10.1. The van der Waals surface area contributed by atoms with E-state index in [1.165, 1.54) is 0 Å². The van der Waals surface area contributed by atoms with Crippen LogP contribution >= 0.6 is 0 Å². The van der Waals surface area contributed by atoms with E-state index in [2.05, 4.69) is 15.4 Å². The van der Waals surface area contributed by atoms with Crippen molar-refractivity contribution in [1.29, 1.82) is 0 Å². The number of furan rings is 1. The maximum absolute atomic E-state index is 12.4. The molecule has 0 spiro atoms. The van der Waals surface area contributed by atoms with Gasteiger partial charge in [0.2, 0.25) is 5.91 Å². The van der Waals surface area contributed by atoms with Gasteiger partial charge in [0, 0.05) is 31.3 Å². The van der Waals surface area contributed by atoms with Gasteiger partial charge in [-0.05, 0) is 12.1 Å². The fraction of sp³-hybridized carbons (Fsp3) is 0.333. The Morgan fingerprint density at radius 2 is 1.96 bits per heavy atom. The fourth-order valence-electron chi connectivity index (χ4n) is 3.35. The number of amides is 1. The number of hydrogen-bond donors (Lipinski definition) is 1. The van der Waals surface area contributed by atoms with Gasteiger partial charge in [-0.15, -0.1) is 0 Å².